The van der Waals surface area contributed by atoms with Crippen molar-refractivity contribution in [3.05, 3.63) is 29.8 Å². The van der Waals surface area contributed by atoms with Gasteiger partial charge in [0, 0.05) is 18.7 Å². The van der Waals surface area contributed by atoms with Crippen molar-refractivity contribution >= 4 is 23.5 Å². The number of nitrogens with two attached hydrogens (primary N) is 1. The van der Waals surface area contributed by atoms with Gasteiger partial charge in [-0.15, -0.1) is 0 Å². The van der Waals surface area contributed by atoms with Gasteiger partial charge in [-0.05, 0) is 43.7 Å². The number of benzene rings is 1. The summed E-state index contributed by atoms with van der Waals surface area (Å²) >= 11 is 4.71. The van der Waals surface area contributed by atoms with E-state index in [0.717, 1.165) is 57.0 Å². The summed E-state index contributed by atoms with van der Waals surface area (Å²) in [4.78, 5) is 2.44. The van der Waals surface area contributed by atoms with E-state index in [1.54, 1.807) is 6.21 Å². The molecule has 0 bridgehead atoms. The lowest BCUT2D eigenvalue weighted by Gasteiger charge is -2.26. The molecule has 1 aliphatic rings. The minimum absolute atomic E-state index is 0.141. The van der Waals surface area contributed by atoms with Crippen LogP contribution in [0.5, 0.6) is 5.75 Å². The Morgan fingerprint density at radius 1 is 1.35 bits per heavy atom. The van der Waals surface area contributed by atoms with Crippen LogP contribution in [0.2, 0.25) is 0 Å². The van der Waals surface area contributed by atoms with Crippen LogP contribution in [-0.2, 0) is 4.74 Å². The van der Waals surface area contributed by atoms with E-state index in [4.69, 9.17) is 27.4 Å². The van der Waals surface area contributed by atoms with E-state index in [1.807, 2.05) is 24.3 Å². The molecule has 0 spiro atoms. The summed E-state index contributed by atoms with van der Waals surface area (Å²) in [6.07, 6.45) is 3.80. The molecule has 1 fully saturated rings. The van der Waals surface area contributed by atoms with Crippen molar-refractivity contribution in [2.75, 3.05) is 39.5 Å². The van der Waals surface area contributed by atoms with E-state index >= 15 is 0 Å². The molecule has 7 heteroatoms. The third-order valence-electron chi connectivity index (χ3n) is 3.53. The lowest BCUT2D eigenvalue weighted by molar-refractivity contribution is 0.0368. The molecule has 0 amide bonds. The van der Waals surface area contributed by atoms with Gasteiger partial charge in [0.05, 0.1) is 26.0 Å². The Hall–Kier alpha value is -1.70. The lowest BCUT2D eigenvalue weighted by atomic mass is 10.2. The van der Waals surface area contributed by atoms with Crippen molar-refractivity contribution in [1.82, 2.24) is 10.3 Å². The van der Waals surface area contributed by atoms with Gasteiger partial charge in [0.2, 0.25) is 0 Å². The van der Waals surface area contributed by atoms with Gasteiger partial charge < -0.3 is 15.2 Å². The Labute approximate surface area is 142 Å². The molecule has 2 rings (SSSR count). The van der Waals surface area contributed by atoms with Crippen molar-refractivity contribution in [2.45, 2.75) is 12.8 Å². The molecule has 1 heterocycles. The zero-order valence-electron chi connectivity index (χ0n) is 13.2. The fourth-order valence-corrected chi connectivity index (χ4v) is 2.38. The Balaban J connectivity index is 1.70. The molecule has 23 heavy (non-hydrogen) atoms. The average molecular weight is 336 g/mol. The van der Waals surface area contributed by atoms with Crippen LogP contribution in [0.3, 0.4) is 0 Å². The summed E-state index contributed by atoms with van der Waals surface area (Å²) < 4.78 is 11.2. The van der Waals surface area contributed by atoms with Crippen LogP contribution in [0.1, 0.15) is 18.4 Å². The number of hydrazone groups is 1. The SMILES string of the molecule is NC(=S)NN=Cc1ccccc1OCCCCN1CCOCC1. The summed E-state index contributed by atoms with van der Waals surface area (Å²) in [5.41, 5.74) is 8.77. The first-order valence-corrected chi connectivity index (χ1v) is 8.27. The van der Waals surface area contributed by atoms with Gasteiger partial charge >= 0.3 is 0 Å². The molecule has 0 aromatic heterocycles. The number of nitrogens with one attached hydrogen (secondary N) is 1. The molecule has 0 atom stereocenters. The minimum Gasteiger partial charge on any atom is -0.493 e. The fraction of sp³-hybridized carbons (Fsp3) is 0.500. The summed E-state index contributed by atoms with van der Waals surface area (Å²) in [6, 6.07) is 7.76. The van der Waals surface area contributed by atoms with Crippen molar-refractivity contribution in [1.29, 1.82) is 0 Å². The molecule has 0 aliphatic carbocycles. The van der Waals surface area contributed by atoms with Gasteiger partial charge in [-0.3, -0.25) is 10.3 Å². The maximum absolute atomic E-state index is 5.86. The van der Waals surface area contributed by atoms with Gasteiger partial charge in [-0.1, -0.05) is 12.1 Å². The highest BCUT2D eigenvalue weighted by Crippen LogP contribution is 2.16. The molecule has 1 aromatic rings. The quantitative estimate of drug-likeness (QED) is 0.323. The first-order chi connectivity index (χ1) is 11.3. The van der Waals surface area contributed by atoms with Gasteiger partial charge in [0.25, 0.3) is 0 Å². The monoisotopic (exact) mass is 336 g/mol. The van der Waals surface area contributed by atoms with E-state index in [1.165, 1.54) is 0 Å². The zero-order chi connectivity index (χ0) is 16.3. The number of rotatable bonds is 8. The molecule has 126 valence electrons. The van der Waals surface area contributed by atoms with Gasteiger partial charge in [-0.25, -0.2) is 0 Å². The Morgan fingerprint density at radius 2 is 2.13 bits per heavy atom. The highest BCUT2D eigenvalue weighted by atomic mass is 32.1. The second-order valence-electron chi connectivity index (χ2n) is 5.28. The molecule has 3 N–H and O–H groups in total. The third-order valence-corrected chi connectivity index (χ3v) is 3.62. The number of thiocarbonyl (C=S) groups is 1. The first kappa shape index (κ1) is 17.7. The van der Waals surface area contributed by atoms with E-state index in [9.17, 15) is 0 Å². The topological polar surface area (TPSA) is 72.1 Å². The molecule has 0 saturated carbocycles. The van der Waals surface area contributed by atoms with Crippen LogP contribution in [0, 0.1) is 0 Å². The van der Waals surface area contributed by atoms with E-state index in [2.05, 4.69) is 15.4 Å². The maximum atomic E-state index is 5.86. The predicted molar refractivity (Wildman–Crippen MR) is 95.9 cm³/mol. The molecule has 1 saturated heterocycles. The molecule has 6 nitrogen and oxygen atoms in total. The van der Waals surface area contributed by atoms with Gasteiger partial charge in [0.15, 0.2) is 5.11 Å². The Bertz CT molecular complexity index is 519. The normalized spacial score (nSPS) is 15.7. The lowest BCUT2D eigenvalue weighted by Crippen LogP contribution is -2.36. The third kappa shape index (κ3) is 6.94. The number of unbranched alkanes of at least 4 members (excludes halogenated alkanes) is 1. The van der Waals surface area contributed by atoms with Crippen molar-refractivity contribution < 1.29 is 9.47 Å². The number of morpholine rings is 1. The van der Waals surface area contributed by atoms with Crippen LogP contribution >= 0.6 is 12.2 Å². The number of hydrogen-bond donors (Lipinski definition) is 2. The molecular weight excluding hydrogens is 312 g/mol. The molecule has 1 aliphatic heterocycles. The second-order valence-corrected chi connectivity index (χ2v) is 5.72. The maximum Gasteiger partial charge on any atom is 0.184 e. The molecule has 0 unspecified atom stereocenters. The average Bonchev–Trinajstić information content (AvgIpc) is 2.56. The van der Waals surface area contributed by atoms with Crippen LogP contribution in [0.15, 0.2) is 29.4 Å². The minimum atomic E-state index is 0.141. The highest BCUT2D eigenvalue weighted by Gasteiger charge is 2.09. The van der Waals surface area contributed by atoms with Crippen LogP contribution in [-0.4, -0.2) is 55.7 Å². The summed E-state index contributed by atoms with van der Waals surface area (Å²) in [5.74, 6) is 0.812. The molecule has 1 aromatic carbocycles. The standard InChI is InChI=1S/C16H24N4O2S/c17-16(23)19-18-13-14-5-1-2-6-15(14)22-10-4-3-7-20-8-11-21-12-9-20/h1-2,5-6,13H,3-4,7-12H2,(H3,17,19,23). The van der Waals surface area contributed by atoms with Gasteiger partial charge in [0.1, 0.15) is 5.75 Å². The zero-order valence-corrected chi connectivity index (χ0v) is 14.1. The number of nitrogens with zero attached hydrogens (tertiary/aromatic N) is 2. The van der Waals surface area contributed by atoms with Crippen molar-refractivity contribution in [3.63, 3.8) is 0 Å². The van der Waals surface area contributed by atoms with Crippen molar-refractivity contribution in [3.8, 4) is 5.75 Å². The molecule has 0 radical (unpaired) electrons. The Kier molecular flexibility index (Phi) is 7.79. The number of para-hydroxylation sites is 1. The molecular formula is C16H24N4O2S. The first-order valence-electron chi connectivity index (χ1n) is 7.86. The summed E-state index contributed by atoms with van der Waals surface area (Å²) in [5, 5.41) is 4.11. The largest absolute Gasteiger partial charge is 0.493 e. The van der Waals surface area contributed by atoms with Crippen molar-refractivity contribution in [2.24, 2.45) is 10.8 Å². The second kappa shape index (κ2) is 10.1. The van der Waals surface area contributed by atoms with E-state index in [0.29, 0.717) is 6.61 Å². The van der Waals surface area contributed by atoms with Crippen LogP contribution in [0.4, 0.5) is 0 Å². The van der Waals surface area contributed by atoms with E-state index < -0.39 is 0 Å². The summed E-state index contributed by atoms with van der Waals surface area (Å²) in [7, 11) is 0. The van der Waals surface area contributed by atoms with Crippen LogP contribution in [0.25, 0.3) is 0 Å². The Morgan fingerprint density at radius 3 is 2.91 bits per heavy atom. The van der Waals surface area contributed by atoms with Crippen LogP contribution < -0.4 is 15.9 Å². The number of hydrogen-bond acceptors (Lipinski definition) is 5. The number of ether oxygens (including phenoxy) is 2. The van der Waals surface area contributed by atoms with Gasteiger partial charge in [-0.2, -0.15) is 5.10 Å². The fourth-order valence-electron chi connectivity index (χ4n) is 2.33. The van der Waals surface area contributed by atoms with E-state index in [-0.39, 0.29) is 5.11 Å². The smallest absolute Gasteiger partial charge is 0.184 e. The predicted octanol–water partition coefficient (Wildman–Crippen LogP) is 1.34. The summed E-state index contributed by atoms with van der Waals surface area (Å²) in [6.45, 7) is 5.57. The highest BCUT2D eigenvalue weighted by molar-refractivity contribution is 7.80.